The lowest BCUT2D eigenvalue weighted by atomic mass is 9.95. The van der Waals surface area contributed by atoms with Crippen molar-refractivity contribution in [2.24, 2.45) is 0 Å². The van der Waals surface area contributed by atoms with Crippen molar-refractivity contribution in [1.82, 2.24) is 0 Å². The van der Waals surface area contributed by atoms with Gasteiger partial charge in [-0.15, -0.1) is 0 Å². The van der Waals surface area contributed by atoms with Gasteiger partial charge in [0.25, 0.3) is 0 Å². The van der Waals surface area contributed by atoms with E-state index in [4.69, 9.17) is 0 Å². The molecule has 2 N–H and O–H groups in total. The van der Waals surface area contributed by atoms with Crippen LogP contribution < -0.4 is 10.6 Å². The number of nitrogens with one attached hydrogen (secondary N) is 2. The fraction of sp³-hybridized carbons (Fsp3) is 0.400. The van der Waals surface area contributed by atoms with Crippen LogP contribution in [0.1, 0.15) is 73.6 Å². The normalized spacial score (nSPS) is 17.0. The molecule has 5 rings (SSSR count). The van der Waals surface area contributed by atoms with E-state index in [1.807, 2.05) is 0 Å². The average molecular weight is 425 g/mol. The monoisotopic (exact) mass is 424 g/mol. The minimum absolute atomic E-state index is 0.615. The van der Waals surface area contributed by atoms with Gasteiger partial charge in [-0.3, -0.25) is 0 Å². The third-order valence-corrected chi connectivity index (χ3v) is 7.23. The molecule has 0 aromatic heterocycles. The van der Waals surface area contributed by atoms with Gasteiger partial charge in [-0.2, -0.15) is 0 Å². The van der Waals surface area contributed by atoms with Crippen LogP contribution in [-0.4, -0.2) is 12.1 Å². The molecule has 3 aromatic rings. The fourth-order valence-corrected chi connectivity index (χ4v) is 5.47. The van der Waals surface area contributed by atoms with Crippen molar-refractivity contribution in [3.63, 3.8) is 0 Å². The van der Waals surface area contributed by atoms with Crippen molar-refractivity contribution in [3.8, 4) is 0 Å². The van der Waals surface area contributed by atoms with Gasteiger partial charge in [0.15, 0.2) is 0 Å². The highest BCUT2D eigenvalue weighted by Crippen LogP contribution is 2.34. The Labute approximate surface area is 193 Å². The molecule has 0 atom stereocenters. The Bertz CT molecular complexity index is 905. The van der Waals surface area contributed by atoms with Crippen LogP contribution in [0, 0.1) is 0 Å². The molecule has 0 spiro atoms. The van der Waals surface area contributed by atoms with Crippen molar-refractivity contribution >= 4 is 11.4 Å². The lowest BCUT2D eigenvalue weighted by Gasteiger charge is -2.23. The average Bonchev–Trinajstić information content (AvgIpc) is 3.52. The molecule has 2 saturated carbocycles. The van der Waals surface area contributed by atoms with Gasteiger partial charge in [-0.1, -0.05) is 92.4 Å². The molecule has 32 heavy (non-hydrogen) atoms. The highest BCUT2D eigenvalue weighted by atomic mass is 15.0. The van der Waals surface area contributed by atoms with Crippen LogP contribution in [0.15, 0.2) is 72.8 Å². The molecule has 0 bridgehead atoms. The minimum Gasteiger partial charge on any atom is -0.382 e. The second-order valence-electron chi connectivity index (χ2n) is 9.74. The highest BCUT2D eigenvalue weighted by Gasteiger charge is 2.20. The van der Waals surface area contributed by atoms with Gasteiger partial charge in [-0.25, -0.2) is 0 Å². The maximum Gasteiger partial charge on any atom is 0.0399 e. The summed E-state index contributed by atoms with van der Waals surface area (Å²) in [5.74, 6) is 0. The van der Waals surface area contributed by atoms with E-state index in [0.717, 1.165) is 12.8 Å². The summed E-state index contributed by atoms with van der Waals surface area (Å²) in [4.78, 5) is 0. The van der Waals surface area contributed by atoms with Gasteiger partial charge in [0, 0.05) is 23.5 Å². The Morgan fingerprint density at radius 1 is 0.531 bits per heavy atom. The topological polar surface area (TPSA) is 24.1 Å². The Morgan fingerprint density at radius 2 is 0.938 bits per heavy atom. The molecular weight excluding hydrogens is 388 g/mol. The van der Waals surface area contributed by atoms with Crippen LogP contribution in [0.3, 0.4) is 0 Å². The standard InChI is InChI=1S/C30H36N2/c1-3-11-23(12-4-1)19-25-21-26(20-24-13-5-2-6-14-24)30(32-28-17-9-10-18-28)22-29(25)31-27-15-7-8-16-27/h1-6,11-14,21-22,27-28,31-32H,7-10,15-20H2. The van der Waals surface area contributed by atoms with Crippen LogP contribution in [0.2, 0.25) is 0 Å². The van der Waals surface area contributed by atoms with Crippen LogP contribution in [0.5, 0.6) is 0 Å². The molecule has 2 aliphatic rings. The first-order valence-electron chi connectivity index (χ1n) is 12.6. The minimum atomic E-state index is 0.615. The van der Waals surface area contributed by atoms with E-state index in [1.165, 1.54) is 85.0 Å². The maximum absolute atomic E-state index is 3.95. The maximum atomic E-state index is 3.95. The van der Waals surface area contributed by atoms with Crippen LogP contribution in [0.4, 0.5) is 11.4 Å². The van der Waals surface area contributed by atoms with Crippen LogP contribution in [-0.2, 0) is 12.8 Å². The molecule has 2 heteroatoms. The van der Waals surface area contributed by atoms with Gasteiger partial charge in [0.1, 0.15) is 0 Å². The summed E-state index contributed by atoms with van der Waals surface area (Å²) >= 11 is 0. The number of hydrogen-bond donors (Lipinski definition) is 2. The largest absolute Gasteiger partial charge is 0.382 e. The zero-order valence-electron chi connectivity index (χ0n) is 19.2. The molecule has 2 fully saturated rings. The lowest BCUT2D eigenvalue weighted by molar-refractivity contribution is 0.749. The first-order chi connectivity index (χ1) is 15.8. The molecule has 166 valence electrons. The Balaban J connectivity index is 1.51. The Morgan fingerprint density at radius 3 is 1.34 bits per heavy atom. The van der Waals surface area contributed by atoms with E-state index < -0.39 is 0 Å². The van der Waals surface area contributed by atoms with Crippen molar-refractivity contribution < 1.29 is 0 Å². The van der Waals surface area contributed by atoms with E-state index in [-0.39, 0.29) is 0 Å². The van der Waals surface area contributed by atoms with E-state index in [2.05, 4.69) is 83.4 Å². The van der Waals surface area contributed by atoms with E-state index in [1.54, 1.807) is 0 Å². The SMILES string of the molecule is c1ccc(Cc2cc(Cc3ccccc3)c(NC3CCCC3)cc2NC2CCCC2)cc1. The second-order valence-corrected chi connectivity index (χ2v) is 9.74. The molecule has 0 amide bonds. The quantitative estimate of drug-likeness (QED) is 0.389. The molecule has 3 aromatic carbocycles. The molecular formula is C30H36N2. The Kier molecular flexibility index (Phi) is 6.77. The predicted octanol–water partition coefficient (Wildman–Crippen LogP) is 7.58. The summed E-state index contributed by atoms with van der Waals surface area (Å²) in [6.07, 6.45) is 12.5. The van der Waals surface area contributed by atoms with Gasteiger partial charge in [0.2, 0.25) is 0 Å². The summed E-state index contributed by atoms with van der Waals surface area (Å²) in [5, 5.41) is 7.89. The number of benzene rings is 3. The van der Waals surface area contributed by atoms with Crippen molar-refractivity contribution in [1.29, 1.82) is 0 Å². The summed E-state index contributed by atoms with van der Waals surface area (Å²) in [6, 6.07) is 28.0. The number of rotatable bonds is 8. The van der Waals surface area contributed by atoms with E-state index >= 15 is 0 Å². The molecule has 0 saturated heterocycles. The van der Waals surface area contributed by atoms with Crippen molar-refractivity contribution in [3.05, 3.63) is 95.1 Å². The summed E-state index contributed by atoms with van der Waals surface area (Å²) in [7, 11) is 0. The third-order valence-electron chi connectivity index (χ3n) is 7.23. The molecule has 0 heterocycles. The molecule has 2 aliphatic carbocycles. The van der Waals surface area contributed by atoms with Gasteiger partial charge in [0.05, 0.1) is 0 Å². The predicted molar refractivity (Wildman–Crippen MR) is 137 cm³/mol. The van der Waals surface area contributed by atoms with Gasteiger partial charge in [-0.05, 0) is 66.8 Å². The van der Waals surface area contributed by atoms with Crippen molar-refractivity contribution in [2.45, 2.75) is 76.3 Å². The van der Waals surface area contributed by atoms with E-state index in [9.17, 15) is 0 Å². The fourth-order valence-electron chi connectivity index (χ4n) is 5.47. The molecule has 0 unspecified atom stereocenters. The lowest BCUT2D eigenvalue weighted by Crippen LogP contribution is -2.19. The Hall–Kier alpha value is -2.74. The first-order valence-corrected chi connectivity index (χ1v) is 12.6. The number of hydrogen-bond acceptors (Lipinski definition) is 2. The molecule has 2 nitrogen and oxygen atoms in total. The van der Waals surface area contributed by atoms with Crippen LogP contribution >= 0.6 is 0 Å². The first kappa shape index (κ1) is 21.1. The zero-order chi connectivity index (χ0) is 21.6. The van der Waals surface area contributed by atoms with Gasteiger partial charge >= 0.3 is 0 Å². The van der Waals surface area contributed by atoms with E-state index in [0.29, 0.717) is 12.1 Å². The smallest absolute Gasteiger partial charge is 0.0399 e. The molecule has 0 aliphatic heterocycles. The van der Waals surface area contributed by atoms with Gasteiger partial charge < -0.3 is 10.6 Å². The zero-order valence-corrected chi connectivity index (χ0v) is 19.2. The summed E-state index contributed by atoms with van der Waals surface area (Å²) < 4.78 is 0. The highest BCUT2D eigenvalue weighted by molar-refractivity contribution is 5.67. The van der Waals surface area contributed by atoms with Crippen molar-refractivity contribution in [2.75, 3.05) is 10.6 Å². The molecule has 0 radical (unpaired) electrons. The number of anilines is 2. The van der Waals surface area contributed by atoms with Crippen LogP contribution in [0.25, 0.3) is 0 Å². The second kappa shape index (κ2) is 10.3. The third kappa shape index (κ3) is 5.35. The summed E-state index contributed by atoms with van der Waals surface area (Å²) in [6.45, 7) is 0. The summed E-state index contributed by atoms with van der Waals surface area (Å²) in [5.41, 5.74) is 8.27.